The van der Waals surface area contributed by atoms with E-state index in [2.05, 4.69) is 0 Å². The van der Waals surface area contributed by atoms with E-state index in [9.17, 15) is 33.4 Å². The van der Waals surface area contributed by atoms with Crippen LogP contribution in [0.1, 0.15) is 27.6 Å². The molecule has 1 heterocycles. The maximum Gasteiger partial charge on any atom is 0.342 e. The van der Waals surface area contributed by atoms with E-state index in [1.807, 2.05) is 4.98 Å². The molecule has 2 aromatic rings. The maximum atomic E-state index is 14.4. The summed E-state index contributed by atoms with van der Waals surface area (Å²) < 4.78 is 33.8. The minimum absolute atomic E-state index is 0.108. The zero-order valence-corrected chi connectivity index (χ0v) is 12.7. The quantitative estimate of drug-likeness (QED) is 0.640. The van der Waals surface area contributed by atoms with Gasteiger partial charge in [-0.1, -0.05) is 0 Å². The van der Waals surface area contributed by atoms with Crippen LogP contribution in [0, 0.1) is 11.6 Å². The van der Waals surface area contributed by atoms with E-state index in [-0.39, 0.29) is 12.4 Å². The lowest BCUT2D eigenvalue weighted by Crippen LogP contribution is -2.24. The summed E-state index contributed by atoms with van der Waals surface area (Å²) in [4.78, 5) is 36.5. The molecular formula is C15H12F2N2O6. The Hall–Kier alpha value is -3.43. The molecule has 1 aromatic carbocycles. The molecule has 0 spiro atoms. The predicted molar refractivity (Wildman–Crippen MR) is 81.9 cm³/mol. The van der Waals surface area contributed by atoms with Crippen LogP contribution >= 0.6 is 0 Å². The van der Waals surface area contributed by atoms with Gasteiger partial charge in [-0.3, -0.25) is 4.79 Å². The summed E-state index contributed by atoms with van der Waals surface area (Å²) in [6.07, 6.45) is 0. The van der Waals surface area contributed by atoms with Crippen molar-refractivity contribution in [1.82, 2.24) is 4.98 Å². The third-order valence-corrected chi connectivity index (χ3v) is 3.25. The number of benzene rings is 1. The molecule has 132 valence electrons. The van der Waals surface area contributed by atoms with Crippen LogP contribution < -0.4 is 16.0 Å². The Morgan fingerprint density at radius 1 is 1.12 bits per heavy atom. The molecule has 0 aliphatic heterocycles. The molecule has 0 atom stereocenters. The van der Waals surface area contributed by atoms with Crippen LogP contribution in [0.15, 0.2) is 16.9 Å². The minimum atomic E-state index is -1.87. The number of carboxylic acids is 2. The summed E-state index contributed by atoms with van der Waals surface area (Å²) in [6, 6.07) is 1.49. The van der Waals surface area contributed by atoms with Gasteiger partial charge in [0.2, 0.25) is 0 Å². The fraction of sp³-hybridized carbons (Fsp3) is 0.133. The lowest BCUT2D eigenvalue weighted by atomic mass is 9.94. The lowest BCUT2D eigenvalue weighted by molar-refractivity contribution is 0.0695. The van der Waals surface area contributed by atoms with Gasteiger partial charge in [0, 0.05) is 17.7 Å². The van der Waals surface area contributed by atoms with Gasteiger partial charge in [0.1, 0.15) is 34.3 Å². The summed E-state index contributed by atoms with van der Waals surface area (Å²) in [7, 11) is 0. The van der Waals surface area contributed by atoms with Gasteiger partial charge in [0.15, 0.2) is 0 Å². The standard InChI is InChI=1S/C15H12F2N2O6/c1-2-25-5-3-6(16)8(7(17)4-5)9-10(14(21)22)12(18)19-13(20)11(9)15(23)24/h3-4H,2H2,1H3,(H,21,22)(H,23,24)(H3,18,19,20). The minimum Gasteiger partial charge on any atom is -0.494 e. The topological polar surface area (TPSA) is 143 Å². The molecule has 0 bridgehead atoms. The monoisotopic (exact) mass is 354 g/mol. The Kier molecular flexibility index (Phi) is 4.72. The van der Waals surface area contributed by atoms with E-state index in [0.29, 0.717) is 0 Å². The van der Waals surface area contributed by atoms with Crippen LogP contribution in [-0.4, -0.2) is 33.7 Å². The molecule has 2 rings (SSSR count). The van der Waals surface area contributed by atoms with E-state index in [0.717, 1.165) is 12.1 Å². The molecule has 1 aromatic heterocycles. The Labute approximate surface area is 138 Å². The molecule has 0 radical (unpaired) electrons. The van der Waals surface area contributed by atoms with Gasteiger partial charge in [0.05, 0.1) is 12.2 Å². The lowest BCUT2D eigenvalue weighted by Gasteiger charge is -2.14. The number of nitrogens with one attached hydrogen (secondary N) is 1. The number of H-pyrrole nitrogens is 1. The number of aromatic amines is 1. The highest BCUT2D eigenvalue weighted by atomic mass is 19.1. The zero-order chi connectivity index (χ0) is 18.9. The van der Waals surface area contributed by atoms with Gasteiger partial charge in [-0.15, -0.1) is 0 Å². The molecular weight excluding hydrogens is 342 g/mol. The van der Waals surface area contributed by atoms with Crippen LogP contribution in [0.4, 0.5) is 14.6 Å². The largest absolute Gasteiger partial charge is 0.494 e. The second-order valence-corrected chi connectivity index (χ2v) is 4.80. The summed E-state index contributed by atoms with van der Waals surface area (Å²) in [5.41, 5.74) is 0.0755. The van der Waals surface area contributed by atoms with E-state index in [1.165, 1.54) is 0 Å². The first-order valence-corrected chi connectivity index (χ1v) is 6.83. The van der Waals surface area contributed by atoms with Crippen molar-refractivity contribution in [3.63, 3.8) is 0 Å². The number of nitrogens with two attached hydrogens (primary N) is 1. The SMILES string of the molecule is CCOc1cc(F)c(-c2c(C(=O)O)c(N)[nH]c(=O)c2C(=O)O)c(F)c1. The summed E-state index contributed by atoms with van der Waals surface area (Å²) >= 11 is 0. The number of carbonyl (C=O) groups is 2. The number of rotatable bonds is 5. The third kappa shape index (κ3) is 3.13. The van der Waals surface area contributed by atoms with Crippen molar-refractivity contribution in [3.8, 4) is 16.9 Å². The molecule has 0 fully saturated rings. The zero-order valence-electron chi connectivity index (χ0n) is 12.7. The highest BCUT2D eigenvalue weighted by Crippen LogP contribution is 2.35. The first kappa shape index (κ1) is 17.9. The first-order valence-electron chi connectivity index (χ1n) is 6.83. The van der Waals surface area contributed by atoms with Crippen LogP contribution in [0.3, 0.4) is 0 Å². The average Bonchev–Trinajstić information content (AvgIpc) is 2.45. The summed E-state index contributed by atoms with van der Waals surface area (Å²) in [5, 5.41) is 18.5. The second kappa shape index (κ2) is 6.59. The Morgan fingerprint density at radius 3 is 2.08 bits per heavy atom. The molecule has 5 N–H and O–H groups in total. The average molecular weight is 354 g/mol. The first-order chi connectivity index (χ1) is 11.7. The molecule has 25 heavy (non-hydrogen) atoms. The van der Waals surface area contributed by atoms with Gasteiger partial charge >= 0.3 is 11.9 Å². The van der Waals surface area contributed by atoms with E-state index < -0.39 is 57.2 Å². The molecule has 0 amide bonds. The third-order valence-electron chi connectivity index (χ3n) is 3.25. The van der Waals surface area contributed by atoms with Gasteiger partial charge in [0.25, 0.3) is 5.56 Å². The van der Waals surface area contributed by atoms with Crippen molar-refractivity contribution >= 4 is 17.8 Å². The number of pyridine rings is 1. The van der Waals surface area contributed by atoms with Gasteiger partial charge in [-0.05, 0) is 6.92 Å². The highest BCUT2D eigenvalue weighted by Gasteiger charge is 2.30. The number of hydrogen-bond donors (Lipinski definition) is 4. The van der Waals surface area contributed by atoms with Gasteiger partial charge < -0.3 is 25.7 Å². The van der Waals surface area contributed by atoms with Crippen LogP contribution in [0.5, 0.6) is 5.75 Å². The number of aromatic carboxylic acids is 2. The summed E-state index contributed by atoms with van der Waals surface area (Å²) in [5.74, 6) is -7.17. The van der Waals surface area contributed by atoms with Gasteiger partial charge in [-0.2, -0.15) is 0 Å². The Morgan fingerprint density at radius 2 is 1.64 bits per heavy atom. The predicted octanol–water partition coefficient (Wildman–Crippen LogP) is 1.70. The van der Waals surface area contributed by atoms with Crippen molar-refractivity contribution in [2.75, 3.05) is 12.3 Å². The van der Waals surface area contributed by atoms with E-state index in [4.69, 9.17) is 10.5 Å². The van der Waals surface area contributed by atoms with Crippen molar-refractivity contribution in [3.05, 3.63) is 45.2 Å². The molecule has 8 nitrogen and oxygen atoms in total. The number of carboxylic acid groups (broad SMARTS) is 2. The van der Waals surface area contributed by atoms with Crippen molar-refractivity contribution in [2.45, 2.75) is 6.92 Å². The molecule has 0 unspecified atom stereocenters. The number of hydrogen-bond acceptors (Lipinski definition) is 5. The maximum absolute atomic E-state index is 14.4. The van der Waals surface area contributed by atoms with Crippen molar-refractivity contribution in [2.24, 2.45) is 0 Å². The molecule has 0 saturated carbocycles. The van der Waals surface area contributed by atoms with Crippen LogP contribution in [-0.2, 0) is 0 Å². The smallest absolute Gasteiger partial charge is 0.342 e. The Bertz CT molecular complexity index is 915. The highest BCUT2D eigenvalue weighted by molar-refractivity contribution is 6.07. The van der Waals surface area contributed by atoms with E-state index in [1.54, 1.807) is 6.92 Å². The van der Waals surface area contributed by atoms with Gasteiger partial charge in [-0.25, -0.2) is 18.4 Å². The summed E-state index contributed by atoms with van der Waals surface area (Å²) in [6.45, 7) is 1.68. The van der Waals surface area contributed by atoms with Crippen molar-refractivity contribution < 1.29 is 33.3 Å². The number of aromatic nitrogens is 1. The number of ether oxygens (including phenoxy) is 1. The molecule has 0 aliphatic carbocycles. The number of anilines is 1. The number of halogens is 2. The van der Waals surface area contributed by atoms with Crippen molar-refractivity contribution in [1.29, 1.82) is 0 Å². The fourth-order valence-corrected chi connectivity index (χ4v) is 2.34. The van der Waals surface area contributed by atoms with Crippen LogP contribution in [0.2, 0.25) is 0 Å². The normalized spacial score (nSPS) is 10.5. The van der Waals surface area contributed by atoms with E-state index >= 15 is 0 Å². The molecule has 10 heteroatoms. The second-order valence-electron chi connectivity index (χ2n) is 4.80. The molecule has 0 aliphatic rings. The van der Waals surface area contributed by atoms with Crippen LogP contribution in [0.25, 0.3) is 11.1 Å². The Balaban J connectivity index is 2.98. The molecule has 0 saturated heterocycles. The fourth-order valence-electron chi connectivity index (χ4n) is 2.34. The number of nitrogen functional groups attached to an aromatic ring is 1.